The van der Waals surface area contributed by atoms with Crippen LogP contribution in [0.3, 0.4) is 0 Å². The molecule has 0 amide bonds. The molecule has 154 valence electrons. The van der Waals surface area contributed by atoms with E-state index in [1.165, 1.54) is 18.5 Å². The van der Waals surface area contributed by atoms with Gasteiger partial charge in [0.2, 0.25) is 0 Å². The molecule has 0 saturated carbocycles. The predicted octanol–water partition coefficient (Wildman–Crippen LogP) is 2.16. The van der Waals surface area contributed by atoms with E-state index in [1.807, 2.05) is 7.05 Å². The molecule has 29 heavy (non-hydrogen) atoms. The van der Waals surface area contributed by atoms with Crippen LogP contribution >= 0.6 is 0 Å². The van der Waals surface area contributed by atoms with Gasteiger partial charge >= 0.3 is 6.18 Å². The number of alkyl halides is 3. The molecule has 0 atom stereocenters. The average molecular weight is 406 g/mol. The highest BCUT2D eigenvalue weighted by Gasteiger charge is 2.29. The van der Waals surface area contributed by atoms with E-state index in [1.54, 1.807) is 17.9 Å². The first-order valence-corrected chi connectivity index (χ1v) is 8.85. The molecule has 3 N–H and O–H groups in total. The molecule has 0 saturated heterocycles. The van der Waals surface area contributed by atoms with Crippen molar-refractivity contribution >= 4 is 22.8 Å². The van der Waals surface area contributed by atoms with Crippen LogP contribution in [0.5, 0.6) is 0 Å². The van der Waals surface area contributed by atoms with Gasteiger partial charge in [0, 0.05) is 33.7 Å². The average Bonchev–Trinajstić information content (AvgIpc) is 3.09. The Kier molecular flexibility index (Phi) is 6.15. The van der Waals surface area contributed by atoms with Crippen molar-refractivity contribution in [1.29, 1.82) is 0 Å². The first kappa shape index (κ1) is 20.4. The first-order chi connectivity index (χ1) is 13.9. The SMILES string of the molecule is CN=C(NCCNc1ncnc2c1cnn2C)NCc1ccc(C(F)(F)F)cc1. The topological polar surface area (TPSA) is 92.1 Å². The number of aryl methyl sites for hydroxylation is 1. The van der Waals surface area contributed by atoms with E-state index in [9.17, 15) is 13.2 Å². The number of benzene rings is 1. The van der Waals surface area contributed by atoms with Gasteiger partial charge < -0.3 is 16.0 Å². The number of hydrogen-bond acceptors (Lipinski definition) is 5. The molecule has 0 radical (unpaired) electrons. The van der Waals surface area contributed by atoms with Gasteiger partial charge in [-0.05, 0) is 17.7 Å². The number of nitrogens with zero attached hydrogens (tertiary/aromatic N) is 5. The molecule has 2 aromatic heterocycles. The second-order valence-corrected chi connectivity index (χ2v) is 6.20. The summed E-state index contributed by atoms with van der Waals surface area (Å²) in [6, 6.07) is 5.02. The summed E-state index contributed by atoms with van der Waals surface area (Å²) in [5, 5.41) is 14.4. The van der Waals surface area contributed by atoms with Crippen molar-refractivity contribution < 1.29 is 13.2 Å². The Balaban J connectivity index is 1.46. The molecule has 11 heteroatoms. The van der Waals surface area contributed by atoms with Gasteiger partial charge in [-0.15, -0.1) is 0 Å². The highest BCUT2D eigenvalue weighted by molar-refractivity contribution is 5.86. The zero-order chi connectivity index (χ0) is 20.9. The molecular formula is C18H21F3N8. The number of aliphatic imine (C=N–C) groups is 1. The van der Waals surface area contributed by atoms with Gasteiger partial charge in [-0.25, -0.2) is 9.97 Å². The Labute approximate surface area is 165 Å². The largest absolute Gasteiger partial charge is 0.416 e. The summed E-state index contributed by atoms with van der Waals surface area (Å²) < 4.78 is 39.5. The Morgan fingerprint density at radius 3 is 2.55 bits per heavy atom. The van der Waals surface area contributed by atoms with Crippen LogP contribution in [0, 0.1) is 0 Å². The first-order valence-electron chi connectivity index (χ1n) is 8.85. The summed E-state index contributed by atoms with van der Waals surface area (Å²) in [6.07, 6.45) is -1.15. The van der Waals surface area contributed by atoms with E-state index >= 15 is 0 Å². The molecule has 0 unspecified atom stereocenters. The summed E-state index contributed by atoms with van der Waals surface area (Å²) >= 11 is 0. The van der Waals surface area contributed by atoms with Crippen LogP contribution in [-0.4, -0.2) is 45.8 Å². The highest BCUT2D eigenvalue weighted by atomic mass is 19.4. The maximum absolute atomic E-state index is 12.6. The monoisotopic (exact) mass is 406 g/mol. The van der Waals surface area contributed by atoms with E-state index in [0.29, 0.717) is 31.4 Å². The van der Waals surface area contributed by atoms with Gasteiger partial charge in [-0.1, -0.05) is 12.1 Å². The number of fused-ring (bicyclic) bond motifs is 1. The zero-order valence-electron chi connectivity index (χ0n) is 16.0. The van der Waals surface area contributed by atoms with Crippen LogP contribution in [0.4, 0.5) is 19.0 Å². The quantitative estimate of drug-likeness (QED) is 0.330. The minimum absolute atomic E-state index is 0.355. The maximum atomic E-state index is 12.6. The van der Waals surface area contributed by atoms with Crippen molar-refractivity contribution in [1.82, 2.24) is 30.4 Å². The molecule has 1 aromatic carbocycles. The highest BCUT2D eigenvalue weighted by Crippen LogP contribution is 2.29. The third-order valence-corrected chi connectivity index (χ3v) is 4.20. The van der Waals surface area contributed by atoms with Crippen LogP contribution in [0.1, 0.15) is 11.1 Å². The number of aromatic nitrogens is 4. The molecule has 0 aliphatic rings. The van der Waals surface area contributed by atoms with E-state index in [4.69, 9.17) is 0 Å². The Morgan fingerprint density at radius 1 is 1.10 bits per heavy atom. The Bertz CT molecular complexity index is 979. The normalized spacial score (nSPS) is 12.2. The minimum atomic E-state index is -4.33. The molecule has 0 aliphatic heterocycles. The van der Waals surface area contributed by atoms with Gasteiger partial charge in [0.05, 0.1) is 17.1 Å². The molecular weight excluding hydrogens is 385 g/mol. The summed E-state index contributed by atoms with van der Waals surface area (Å²) in [5.74, 6) is 1.23. The number of hydrogen-bond donors (Lipinski definition) is 3. The second kappa shape index (κ2) is 8.76. The summed E-state index contributed by atoms with van der Waals surface area (Å²) in [4.78, 5) is 12.5. The number of halogens is 3. The number of guanidine groups is 1. The molecule has 0 fully saturated rings. The van der Waals surface area contributed by atoms with E-state index in [0.717, 1.165) is 28.7 Å². The van der Waals surface area contributed by atoms with Crippen molar-refractivity contribution in [2.24, 2.45) is 12.0 Å². The van der Waals surface area contributed by atoms with Crippen LogP contribution in [0.15, 0.2) is 41.8 Å². The zero-order valence-corrected chi connectivity index (χ0v) is 16.0. The molecule has 0 bridgehead atoms. The van der Waals surface area contributed by atoms with Crippen LogP contribution in [0.25, 0.3) is 11.0 Å². The number of rotatable bonds is 6. The molecule has 8 nitrogen and oxygen atoms in total. The van der Waals surface area contributed by atoms with Gasteiger partial charge in [0.1, 0.15) is 12.1 Å². The summed E-state index contributed by atoms with van der Waals surface area (Å²) in [6.45, 7) is 1.48. The fourth-order valence-corrected chi connectivity index (χ4v) is 2.68. The molecule has 2 heterocycles. The van der Waals surface area contributed by atoms with Crippen molar-refractivity contribution in [2.45, 2.75) is 12.7 Å². The Morgan fingerprint density at radius 2 is 1.86 bits per heavy atom. The third kappa shape index (κ3) is 5.12. The fraction of sp³-hybridized carbons (Fsp3) is 0.333. The van der Waals surface area contributed by atoms with Gasteiger partial charge in [0.25, 0.3) is 0 Å². The molecule has 0 aliphatic carbocycles. The van der Waals surface area contributed by atoms with Gasteiger partial charge in [0.15, 0.2) is 11.6 Å². The van der Waals surface area contributed by atoms with Gasteiger partial charge in [-0.2, -0.15) is 18.3 Å². The van der Waals surface area contributed by atoms with Crippen LogP contribution in [0.2, 0.25) is 0 Å². The van der Waals surface area contributed by atoms with E-state index < -0.39 is 11.7 Å². The van der Waals surface area contributed by atoms with Crippen molar-refractivity contribution in [2.75, 3.05) is 25.5 Å². The lowest BCUT2D eigenvalue weighted by Crippen LogP contribution is -2.39. The Hall–Kier alpha value is -3.37. The summed E-state index contributed by atoms with van der Waals surface area (Å²) in [5.41, 5.74) is 0.797. The van der Waals surface area contributed by atoms with E-state index in [-0.39, 0.29) is 0 Å². The minimum Gasteiger partial charge on any atom is -0.368 e. The molecule has 0 spiro atoms. The lowest BCUT2D eigenvalue weighted by molar-refractivity contribution is -0.137. The van der Waals surface area contributed by atoms with Crippen LogP contribution in [-0.2, 0) is 19.8 Å². The second-order valence-electron chi connectivity index (χ2n) is 6.20. The van der Waals surface area contributed by atoms with Gasteiger partial charge in [-0.3, -0.25) is 9.67 Å². The third-order valence-electron chi connectivity index (χ3n) is 4.20. The van der Waals surface area contributed by atoms with Crippen molar-refractivity contribution in [3.63, 3.8) is 0 Å². The standard InChI is InChI=1S/C18H21F3N8/c1-22-17(25-9-12-3-5-13(6-4-12)18(19,20)21)24-8-7-23-15-14-10-28-29(2)16(14)27-11-26-15/h3-6,10-11H,7-9H2,1-2H3,(H2,22,24,25)(H,23,26,27). The predicted molar refractivity (Wildman–Crippen MR) is 104 cm³/mol. The molecule has 3 rings (SSSR count). The van der Waals surface area contributed by atoms with Crippen molar-refractivity contribution in [3.8, 4) is 0 Å². The lowest BCUT2D eigenvalue weighted by Gasteiger charge is -2.13. The molecule has 3 aromatic rings. The van der Waals surface area contributed by atoms with Crippen molar-refractivity contribution in [3.05, 3.63) is 47.9 Å². The number of nitrogens with one attached hydrogen (secondary N) is 3. The fourth-order valence-electron chi connectivity index (χ4n) is 2.68. The van der Waals surface area contributed by atoms with E-state index in [2.05, 4.69) is 36.0 Å². The maximum Gasteiger partial charge on any atom is 0.416 e. The van der Waals surface area contributed by atoms with Crippen LogP contribution < -0.4 is 16.0 Å². The smallest absolute Gasteiger partial charge is 0.368 e. The summed E-state index contributed by atoms with van der Waals surface area (Å²) in [7, 11) is 3.44. The lowest BCUT2D eigenvalue weighted by atomic mass is 10.1. The number of anilines is 1.